The molecule has 4 unspecified atom stereocenters. The highest BCUT2D eigenvalue weighted by Gasteiger charge is 2.28. The number of aryl methyl sites for hydroxylation is 1. The molecule has 20 heavy (non-hydrogen) atoms. The van der Waals surface area contributed by atoms with Crippen LogP contribution in [-0.4, -0.2) is 18.3 Å². The molecule has 1 aliphatic carbocycles. The molecule has 1 aliphatic rings. The van der Waals surface area contributed by atoms with Crippen molar-refractivity contribution in [1.82, 2.24) is 0 Å². The molecule has 2 heteroatoms. The molecule has 2 rings (SSSR count). The van der Waals surface area contributed by atoms with Crippen molar-refractivity contribution in [3.8, 4) is 5.75 Å². The van der Waals surface area contributed by atoms with Gasteiger partial charge in [-0.25, -0.2) is 0 Å². The molecule has 1 N–H and O–H groups in total. The number of aliphatic hydroxyl groups is 1. The van der Waals surface area contributed by atoms with Crippen LogP contribution in [-0.2, 0) is 6.42 Å². The number of hydrogen-bond acceptors (Lipinski definition) is 2. The lowest BCUT2D eigenvalue weighted by atomic mass is 9.73. The van der Waals surface area contributed by atoms with Crippen molar-refractivity contribution in [2.45, 2.75) is 52.1 Å². The van der Waals surface area contributed by atoms with E-state index in [1.165, 1.54) is 24.8 Å². The average Bonchev–Trinajstić information content (AvgIpc) is 2.48. The molecule has 0 aromatic heterocycles. The molecule has 0 saturated heterocycles. The van der Waals surface area contributed by atoms with E-state index in [-0.39, 0.29) is 6.10 Å². The van der Waals surface area contributed by atoms with Gasteiger partial charge in [0.15, 0.2) is 0 Å². The minimum Gasteiger partial charge on any atom is -0.497 e. The molecular weight excluding hydrogens is 248 g/mol. The quantitative estimate of drug-likeness (QED) is 0.878. The van der Waals surface area contributed by atoms with Gasteiger partial charge in [0.25, 0.3) is 0 Å². The maximum absolute atomic E-state index is 10.4. The molecule has 0 radical (unpaired) electrons. The van der Waals surface area contributed by atoms with E-state index in [9.17, 15) is 5.11 Å². The highest BCUT2D eigenvalue weighted by molar-refractivity contribution is 5.27. The summed E-state index contributed by atoms with van der Waals surface area (Å²) >= 11 is 0. The Balaban J connectivity index is 1.80. The lowest BCUT2D eigenvalue weighted by Gasteiger charge is -2.34. The number of aliphatic hydroxyl groups excluding tert-OH is 1. The summed E-state index contributed by atoms with van der Waals surface area (Å²) in [7, 11) is 1.68. The molecule has 0 spiro atoms. The molecule has 1 aromatic carbocycles. The van der Waals surface area contributed by atoms with Crippen LogP contribution in [0, 0.1) is 17.8 Å². The third-order valence-corrected chi connectivity index (χ3v) is 5.07. The zero-order valence-electron chi connectivity index (χ0n) is 13.0. The molecule has 1 fully saturated rings. The average molecular weight is 276 g/mol. The molecule has 1 aromatic rings. The predicted octanol–water partition coefficient (Wildman–Crippen LogP) is 4.06. The van der Waals surface area contributed by atoms with Crippen LogP contribution >= 0.6 is 0 Å². The summed E-state index contributed by atoms with van der Waals surface area (Å²) in [6.45, 7) is 4.66. The van der Waals surface area contributed by atoms with Gasteiger partial charge >= 0.3 is 0 Å². The lowest BCUT2D eigenvalue weighted by molar-refractivity contribution is 0.0510. The summed E-state index contributed by atoms with van der Waals surface area (Å²) < 4.78 is 5.16. The third kappa shape index (κ3) is 3.99. The first-order valence-corrected chi connectivity index (χ1v) is 7.91. The fourth-order valence-corrected chi connectivity index (χ4v) is 3.28. The van der Waals surface area contributed by atoms with E-state index in [2.05, 4.69) is 26.0 Å². The molecule has 2 nitrogen and oxygen atoms in total. The van der Waals surface area contributed by atoms with Crippen LogP contribution in [0.4, 0.5) is 0 Å². The van der Waals surface area contributed by atoms with Gasteiger partial charge in [0.2, 0.25) is 0 Å². The van der Waals surface area contributed by atoms with Gasteiger partial charge in [0.05, 0.1) is 13.2 Å². The van der Waals surface area contributed by atoms with Crippen molar-refractivity contribution in [3.05, 3.63) is 29.8 Å². The summed E-state index contributed by atoms with van der Waals surface area (Å²) in [6.07, 6.45) is 5.32. The van der Waals surface area contributed by atoms with Crippen LogP contribution in [0.3, 0.4) is 0 Å². The van der Waals surface area contributed by atoms with Crippen molar-refractivity contribution in [1.29, 1.82) is 0 Å². The van der Waals surface area contributed by atoms with Crippen molar-refractivity contribution in [2.24, 2.45) is 17.8 Å². The monoisotopic (exact) mass is 276 g/mol. The number of rotatable bonds is 5. The molecule has 0 amide bonds. The second-order valence-electron chi connectivity index (χ2n) is 6.48. The highest BCUT2D eigenvalue weighted by atomic mass is 16.5. The molecule has 0 aliphatic heterocycles. The lowest BCUT2D eigenvalue weighted by Crippen LogP contribution is -2.29. The Hall–Kier alpha value is -1.02. The van der Waals surface area contributed by atoms with Crippen LogP contribution in [0.15, 0.2) is 24.3 Å². The first kappa shape index (κ1) is 15.4. The summed E-state index contributed by atoms with van der Waals surface area (Å²) in [5.74, 6) is 2.97. The fourth-order valence-electron chi connectivity index (χ4n) is 3.28. The molecule has 112 valence electrons. The summed E-state index contributed by atoms with van der Waals surface area (Å²) in [6, 6.07) is 8.17. The predicted molar refractivity (Wildman–Crippen MR) is 83.0 cm³/mol. The second-order valence-corrected chi connectivity index (χ2v) is 6.48. The van der Waals surface area contributed by atoms with E-state index in [1.807, 2.05) is 12.1 Å². The van der Waals surface area contributed by atoms with Gasteiger partial charge in [-0.3, -0.25) is 0 Å². The van der Waals surface area contributed by atoms with E-state index in [4.69, 9.17) is 4.74 Å². The molecule has 1 saturated carbocycles. The first-order valence-electron chi connectivity index (χ1n) is 7.91. The molecular formula is C18H28O2. The van der Waals surface area contributed by atoms with E-state index in [0.29, 0.717) is 5.92 Å². The highest BCUT2D eigenvalue weighted by Crippen LogP contribution is 2.35. The van der Waals surface area contributed by atoms with Crippen LogP contribution in [0.5, 0.6) is 5.75 Å². The van der Waals surface area contributed by atoms with Crippen LogP contribution in [0.2, 0.25) is 0 Å². The summed E-state index contributed by atoms with van der Waals surface area (Å²) in [5.41, 5.74) is 1.28. The van der Waals surface area contributed by atoms with Crippen LogP contribution in [0.25, 0.3) is 0 Å². The molecule has 0 heterocycles. The van der Waals surface area contributed by atoms with Crippen molar-refractivity contribution in [2.75, 3.05) is 7.11 Å². The van der Waals surface area contributed by atoms with E-state index >= 15 is 0 Å². The smallest absolute Gasteiger partial charge is 0.118 e. The van der Waals surface area contributed by atoms with Crippen molar-refractivity contribution in [3.63, 3.8) is 0 Å². The van der Waals surface area contributed by atoms with Gasteiger partial charge in [0.1, 0.15) is 5.75 Å². The second kappa shape index (κ2) is 7.12. The van der Waals surface area contributed by atoms with Gasteiger partial charge in [-0.15, -0.1) is 0 Å². The Bertz CT molecular complexity index is 398. The Morgan fingerprint density at radius 3 is 2.45 bits per heavy atom. The largest absolute Gasteiger partial charge is 0.497 e. The van der Waals surface area contributed by atoms with Crippen LogP contribution in [0.1, 0.15) is 45.1 Å². The van der Waals surface area contributed by atoms with E-state index in [1.54, 1.807) is 7.11 Å². The summed E-state index contributed by atoms with van der Waals surface area (Å²) in [5, 5.41) is 10.4. The standard InChI is InChI=1S/C18H28O2/c1-13-4-8-16(12-14(13)2)18(19)11-7-15-5-9-17(20-3)10-6-15/h5-6,9-10,13-14,16,18-19H,4,7-8,11-12H2,1-3H3. The minimum atomic E-state index is -0.146. The summed E-state index contributed by atoms with van der Waals surface area (Å²) in [4.78, 5) is 0. The molecule has 0 bridgehead atoms. The zero-order valence-corrected chi connectivity index (χ0v) is 13.0. The minimum absolute atomic E-state index is 0.146. The zero-order chi connectivity index (χ0) is 14.5. The van der Waals surface area contributed by atoms with Gasteiger partial charge < -0.3 is 9.84 Å². The van der Waals surface area contributed by atoms with Crippen LogP contribution < -0.4 is 4.74 Å². The maximum atomic E-state index is 10.4. The van der Waals surface area contributed by atoms with Gasteiger partial charge in [0, 0.05) is 0 Å². The van der Waals surface area contributed by atoms with Gasteiger partial charge in [-0.05, 0) is 61.1 Å². The third-order valence-electron chi connectivity index (χ3n) is 5.07. The molecule has 4 atom stereocenters. The van der Waals surface area contributed by atoms with E-state index in [0.717, 1.165) is 30.4 Å². The topological polar surface area (TPSA) is 29.5 Å². The Morgan fingerprint density at radius 2 is 1.85 bits per heavy atom. The Kier molecular flexibility index (Phi) is 5.47. The van der Waals surface area contributed by atoms with Crippen molar-refractivity contribution >= 4 is 0 Å². The number of ether oxygens (including phenoxy) is 1. The first-order chi connectivity index (χ1) is 9.60. The van der Waals surface area contributed by atoms with Gasteiger partial charge in [-0.1, -0.05) is 32.4 Å². The van der Waals surface area contributed by atoms with E-state index < -0.39 is 0 Å². The Labute approximate surface area is 123 Å². The normalized spacial score (nSPS) is 28.1. The number of methoxy groups -OCH3 is 1. The van der Waals surface area contributed by atoms with Gasteiger partial charge in [-0.2, -0.15) is 0 Å². The SMILES string of the molecule is COc1ccc(CCC(O)C2CCC(C)C(C)C2)cc1. The number of benzene rings is 1. The van der Waals surface area contributed by atoms with Crippen molar-refractivity contribution < 1.29 is 9.84 Å². The Morgan fingerprint density at radius 1 is 1.15 bits per heavy atom. The maximum Gasteiger partial charge on any atom is 0.118 e. The number of hydrogen-bond donors (Lipinski definition) is 1. The fraction of sp³-hybridized carbons (Fsp3) is 0.667.